The van der Waals surface area contributed by atoms with Gasteiger partial charge in [0.15, 0.2) is 5.13 Å². The van der Waals surface area contributed by atoms with Gasteiger partial charge in [-0.05, 0) is 31.2 Å². The Morgan fingerprint density at radius 2 is 2.34 bits per heavy atom. The molecule has 1 aromatic carbocycles. The quantitative estimate of drug-likeness (QED) is 0.609. The Morgan fingerprint density at radius 1 is 1.52 bits per heavy atom. The van der Waals surface area contributed by atoms with E-state index in [9.17, 15) is 8.42 Å². The van der Waals surface area contributed by atoms with Crippen LogP contribution in [0.15, 0.2) is 57.9 Å². The minimum absolute atomic E-state index is 0.0831. The van der Waals surface area contributed by atoms with Crippen LogP contribution in [0, 0.1) is 0 Å². The minimum Gasteiger partial charge on any atom is -0.487 e. The summed E-state index contributed by atoms with van der Waals surface area (Å²) in [4.78, 5) is 6.21. The maximum atomic E-state index is 12.6. The van der Waals surface area contributed by atoms with Crippen molar-refractivity contribution in [1.29, 1.82) is 0 Å². The highest BCUT2D eigenvalue weighted by molar-refractivity contribution is 7.93. The average Bonchev–Trinajstić information content (AvgIpc) is 3.18. The number of methoxy groups -OCH3 is 1. The van der Waals surface area contributed by atoms with Crippen LogP contribution in [-0.4, -0.2) is 46.3 Å². The first-order valence-corrected chi connectivity index (χ1v) is 11.6. The highest BCUT2D eigenvalue weighted by Gasteiger charge is 2.25. The molecule has 10 heteroatoms. The van der Waals surface area contributed by atoms with Gasteiger partial charge in [0.1, 0.15) is 11.9 Å². The van der Waals surface area contributed by atoms with Gasteiger partial charge in [0.25, 0.3) is 10.0 Å². The Bertz CT molecular complexity index is 991. The van der Waals surface area contributed by atoms with E-state index in [0.29, 0.717) is 35.6 Å². The molecule has 2 aromatic rings. The molecular weight excluding hydrogens is 434 g/mol. The second-order valence-electron chi connectivity index (χ2n) is 6.35. The van der Waals surface area contributed by atoms with E-state index in [-0.39, 0.29) is 11.0 Å². The number of ether oxygens (including phenoxy) is 2. The first-order chi connectivity index (χ1) is 13.9. The van der Waals surface area contributed by atoms with E-state index >= 15 is 0 Å². The lowest BCUT2D eigenvalue weighted by Gasteiger charge is -2.34. The average molecular weight is 456 g/mol. The van der Waals surface area contributed by atoms with Gasteiger partial charge in [0, 0.05) is 36.3 Å². The molecule has 0 saturated carbocycles. The summed E-state index contributed by atoms with van der Waals surface area (Å²) in [7, 11) is -2.13. The van der Waals surface area contributed by atoms with Crippen LogP contribution in [0.3, 0.4) is 0 Å². The zero-order valence-electron chi connectivity index (χ0n) is 16.0. The second kappa shape index (κ2) is 9.62. The maximum absolute atomic E-state index is 12.6. The molecule has 7 nitrogen and oxygen atoms in total. The first kappa shape index (κ1) is 21.6. The van der Waals surface area contributed by atoms with Crippen LogP contribution in [0.4, 0.5) is 10.8 Å². The summed E-state index contributed by atoms with van der Waals surface area (Å²) < 4.78 is 38.6. The number of nitrogens with zero attached hydrogens (tertiary/aromatic N) is 2. The van der Waals surface area contributed by atoms with E-state index in [0.717, 1.165) is 5.69 Å². The lowest BCUT2D eigenvalue weighted by atomic mass is 10.2. The summed E-state index contributed by atoms with van der Waals surface area (Å²) in [6, 6.07) is 4.87. The van der Waals surface area contributed by atoms with Gasteiger partial charge in [-0.25, -0.2) is 13.4 Å². The van der Waals surface area contributed by atoms with Crippen LogP contribution < -0.4 is 14.4 Å². The molecule has 1 aliphatic rings. The number of thiazole rings is 1. The van der Waals surface area contributed by atoms with Crippen LogP contribution in [0.1, 0.15) is 6.92 Å². The zero-order valence-corrected chi connectivity index (χ0v) is 18.4. The monoisotopic (exact) mass is 455 g/mol. The van der Waals surface area contributed by atoms with Crippen molar-refractivity contribution in [3.05, 3.63) is 53.0 Å². The zero-order chi connectivity index (χ0) is 20.9. The van der Waals surface area contributed by atoms with E-state index < -0.39 is 10.0 Å². The molecule has 0 aliphatic carbocycles. The topological polar surface area (TPSA) is 80.8 Å². The van der Waals surface area contributed by atoms with Gasteiger partial charge < -0.3 is 14.4 Å². The fraction of sp³-hybridized carbons (Fsp3) is 0.316. The number of nitrogens with one attached hydrogen (secondary N) is 1. The first-order valence-electron chi connectivity index (χ1n) is 8.88. The van der Waals surface area contributed by atoms with Gasteiger partial charge in [0.05, 0.1) is 23.7 Å². The number of sulfonamides is 1. The van der Waals surface area contributed by atoms with Crippen LogP contribution in [0.5, 0.6) is 5.75 Å². The molecule has 29 heavy (non-hydrogen) atoms. The molecule has 1 aliphatic heterocycles. The van der Waals surface area contributed by atoms with Gasteiger partial charge in [-0.2, -0.15) is 0 Å². The molecule has 0 fully saturated rings. The molecule has 1 unspecified atom stereocenters. The fourth-order valence-corrected chi connectivity index (χ4v) is 4.78. The molecule has 0 spiro atoms. The molecule has 1 atom stereocenters. The number of halogens is 1. The number of aromatic nitrogens is 1. The standard InChI is InChI=1S/C19H22ClN3O4S2/c1-14-13-23(9-3-4-15(20)7-10-26-2)17-6-5-16(12-18(17)27-14)29(24,25)22-19-21-8-11-28-19/h3-8,11-12,14H,9-10,13H2,1-2H3,(H,21,22). The van der Waals surface area contributed by atoms with Gasteiger partial charge >= 0.3 is 0 Å². The summed E-state index contributed by atoms with van der Waals surface area (Å²) in [5, 5.41) is 2.63. The molecular formula is C19H22ClN3O4S2. The molecule has 0 amide bonds. The summed E-state index contributed by atoms with van der Waals surface area (Å²) in [6.07, 6.45) is 7.01. The summed E-state index contributed by atoms with van der Waals surface area (Å²) in [6.45, 7) is 3.69. The molecule has 1 aromatic heterocycles. The van der Waals surface area contributed by atoms with E-state index in [2.05, 4.69) is 14.6 Å². The third-order valence-corrected chi connectivity index (χ3v) is 6.52. The third-order valence-electron chi connectivity index (χ3n) is 4.09. The lowest BCUT2D eigenvalue weighted by Crippen LogP contribution is -2.38. The van der Waals surface area contributed by atoms with Crippen molar-refractivity contribution in [2.45, 2.75) is 17.9 Å². The summed E-state index contributed by atoms with van der Waals surface area (Å²) in [5.41, 5.74) is 0.831. The van der Waals surface area contributed by atoms with E-state index in [1.807, 2.05) is 19.1 Å². The molecule has 0 saturated heterocycles. The fourth-order valence-electron chi connectivity index (χ4n) is 2.82. The molecule has 1 N–H and O–H groups in total. The van der Waals surface area contributed by atoms with Crippen LogP contribution in [0.2, 0.25) is 0 Å². The van der Waals surface area contributed by atoms with Crippen molar-refractivity contribution >= 4 is 43.8 Å². The number of hydrogen-bond acceptors (Lipinski definition) is 7. The SMILES string of the molecule is COCC=C(Cl)C=CCN1CC(C)Oc2cc(S(=O)(=O)Nc3nccs3)ccc21. The Morgan fingerprint density at radius 3 is 3.07 bits per heavy atom. The third kappa shape index (κ3) is 5.72. The Balaban J connectivity index is 1.78. The normalized spacial score (nSPS) is 17.3. The van der Waals surface area contributed by atoms with Crippen molar-refractivity contribution in [3.8, 4) is 5.75 Å². The number of hydrogen-bond donors (Lipinski definition) is 1. The smallest absolute Gasteiger partial charge is 0.263 e. The van der Waals surface area contributed by atoms with E-state index in [1.54, 1.807) is 43.0 Å². The largest absolute Gasteiger partial charge is 0.487 e. The van der Waals surface area contributed by atoms with Gasteiger partial charge in [-0.1, -0.05) is 17.7 Å². The predicted molar refractivity (Wildman–Crippen MR) is 117 cm³/mol. The van der Waals surface area contributed by atoms with Gasteiger partial charge in [-0.15, -0.1) is 11.3 Å². The van der Waals surface area contributed by atoms with Crippen molar-refractivity contribution in [2.24, 2.45) is 0 Å². The number of anilines is 2. The van der Waals surface area contributed by atoms with Crippen LogP contribution in [0.25, 0.3) is 0 Å². The number of fused-ring (bicyclic) bond motifs is 1. The molecule has 0 bridgehead atoms. The molecule has 3 rings (SSSR count). The Kier molecular flexibility index (Phi) is 7.18. The Labute approximate surface area is 179 Å². The maximum Gasteiger partial charge on any atom is 0.263 e. The Hall–Kier alpha value is -2.07. The molecule has 2 heterocycles. The summed E-state index contributed by atoms with van der Waals surface area (Å²) in [5.74, 6) is 0.528. The van der Waals surface area contributed by atoms with Crippen molar-refractivity contribution < 1.29 is 17.9 Å². The second-order valence-corrected chi connectivity index (χ2v) is 9.37. The van der Waals surface area contributed by atoms with Gasteiger partial charge in [0.2, 0.25) is 0 Å². The highest BCUT2D eigenvalue weighted by Crippen LogP contribution is 2.35. The minimum atomic E-state index is -3.74. The lowest BCUT2D eigenvalue weighted by molar-refractivity contribution is 0.213. The van der Waals surface area contributed by atoms with Crippen molar-refractivity contribution in [3.63, 3.8) is 0 Å². The van der Waals surface area contributed by atoms with E-state index in [4.69, 9.17) is 21.1 Å². The highest BCUT2D eigenvalue weighted by atomic mass is 35.5. The molecule has 0 radical (unpaired) electrons. The number of allylic oxidation sites excluding steroid dienone is 2. The number of benzene rings is 1. The van der Waals surface area contributed by atoms with Crippen LogP contribution in [-0.2, 0) is 14.8 Å². The van der Waals surface area contributed by atoms with E-state index in [1.165, 1.54) is 11.3 Å². The van der Waals surface area contributed by atoms with Crippen molar-refractivity contribution in [2.75, 3.05) is 36.4 Å². The number of rotatable bonds is 8. The van der Waals surface area contributed by atoms with Crippen molar-refractivity contribution in [1.82, 2.24) is 4.98 Å². The van der Waals surface area contributed by atoms with Crippen LogP contribution >= 0.6 is 22.9 Å². The van der Waals surface area contributed by atoms with Gasteiger partial charge in [-0.3, -0.25) is 4.72 Å². The predicted octanol–water partition coefficient (Wildman–Crippen LogP) is 3.86. The summed E-state index contributed by atoms with van der Waals surface area (Å²) >= 11 is 7.33. The molecule has 156 valence electrons.